The van der Waals surface area contributed by atoms with Gasteiger partial charge in [-0.25, -0.2) is 0 Å². The molecule has 124 valence electrons. The number of benzene rings is 1. The van der Waals surface area contributed by atoms with E-state index in [1.165, 1.54) is 31.4 Å². The number of unbranched alkanes of at least 4 members (excludes halogenated alkanes) is 1. The maximum atomic E-state index is 6.01. The van der Waals surface area contributed by atoms with Crippen LogP contribution < -0.4 is 10.1 Å². The van der Waals surface area contributed by atoms with Crippen LogP contribution in [0, 0.1) is 0 Å². The van der Waals surface area contributed by atoms with Gasteiger partial charge in [0.05, 0.1) is 13.2 Å². The molecular weight excluding hydrogens is 274 g/mol. The Kier molecular flexibility index (Phi) is 6.71. The van der Waals surface area contributed by atoms with Crippen LogP contribution in [-0.4, -0.2) is 32.4 Å². The summed E-state index contributed by atoms with van der Waals surface area (Å²) in [5.74, 6) is 1.04. The monoisotopic (exact) mass is 306 g/mol. The predicted octanol–water partition coefficient (Wildman–Crippen LogP) is 2.89. The Labute approximate surface area is 135 Å². The number of hydrogen-bond acceptors (Lipinski definition) is 2. The highest BCUT2D eigenvalue weighted by molar-refractivity contribution is 5.38. The van der Waals surface area contributed by atoms with Crippen molar-refractivity contribution >= 4 is 0 Å². The molecule has 0 aliphatic carbocycles. The molecule has 1 aliphatic heterocycles. The third-order valence-electron chi connectivity index (χ3n) is 4.21. The molecule has 3 heteroatoms. The van der Waals surface area contributed by atoms with Gasteiger partial charge in [-0.2, -0.15) is 0 Å². The Morgan fingerprint density at radius 1 is 1.23 bits per heavy atom. The van der Waals surface area contributed by atoms with E-state index in [1.54, 1.807) is 0 Å². The summed E-state index contributed by atoms with van der Waals surface area (Å²) in [5, 5.41) is 2.39. The third kappa shape index (κ3) is 5.62. The Morgan fingerprint density at radius 3 is 2.77 bits per heavy atom. The number of ether oxygens (including phenoxy) is 2. The summed E-state index contributed by atoms with van der Waals surface area (Å²) in [6, 6.07) is 8.41. The van der Waals surface area contributed by atoms with Crippen molar-refractivity contribution in [3.8, 4) is 5.75 Å². The van der Waals surface area contributed by atoms with Crippen LogP contribution in [0.4, 0.5) is 0 Å². The van der Waals surface area contributed by atoms with E-state index in [4.69, 9.17) is 9.47 Å². The van der Waals surface area contributed by atoms with Crippen LogP contribution in [0.5, 0.6) is 5.75 Å². The van der Waals surface area contributed by atoms with Gasteiger partial charge in [0.1, 0.15) is 18.4 Å². The van der Waals surface area contributed by atoms with Crippen LogP contribution in [-0.2, 0) is 10.2 Å². The standard InChI is InChI=1S/C19H31NO2/c1-19(2,3)17-10-4-5-11-18(17)22-13-7-6-12-20-15-16-9-8-14-21-16/h4-5,10-11,16,20H,6-9,12-15H2,1-3H3/p+1/t16-/m1/s1. The quantitative estimate of drug-likeness (QED) is 0.750. The summed E-state index contributed by atoms with van der Waals surface area (Å²) >= 11 is 0. The Hall–Kier alpha value is -1.06. The minimum Gasteiger partial charge on any atom is -0.493 e. The van der Waals surface area contributed by atoms with Crippen LogP contribution >= 0.6 is 0 Å². The van der Waals surface area contributed by atoms with Crippen LogP contribution in [0.25, 0.3) is 0 Å². The maximum absolute atomic E-state index is 6.01. The summed E-state index contributed by atoms with van der Waals surface area (Å²) in [6.07, 6.45) is 5.28. The van der Waals surface area contributed by atoms with E-state index in [9.17, 15) is 0 Å². The zero-order valence-electron chi connectivity index (χ0n) is 14.4. The van der Waals surface area contributed by atoms with Crippen molar-refractivity contribution in [1.82, 2.24) is 0 Å². The molecule has 1 fully saturated rings. The molecule has 0 amide bonds. The number of hydrogen-bond donors (Lipinski definition) is 1. The highest BCUT2D eigenvalue weighted by Crippen LogP contribution is 2.30. The van der Waals surface area contributed by atoms with E-state index < -0.39 is 0 Å². The molecule has 1 aliphatic rings. The van der Waals surface area contributed by atoms with E-state index in [0.717, 1.165) is 31.9 Å². The predicted molar refractivity (Wildman–Crippen MR) is 90.5 cm³/mol. The van der Waals surface area contributed by atoms with Gasteiger partial charge in [-0.05, 0) is 42.7 Å². The molecule has 1 heterocycles. The molecule has 1 atom stereocenters. The number of nitrogens with two attached hydrogens (primary N) is 1. The third-order valence-corrected chi connectivity index (χ3v) is 4.21. The number of para-hydroxylation sites is 1. The summed E-state index contributed by atoms with van der Waals surface area (Å²) in [5.41, 5.74) is 1.42. The average Bonchev–Trinajstić information content (AvgIpc) is 2.99. The van der Waals surface area contributed by atoms with Crippen molar-refractivity contribution < 1.29 is 14.8 Å². The first kappa shape index (κ1) is 17.3. The minimum absolute atomic E-state index is 0.131. The molecule has 0 unspecified atom stereocenters. The second-order valence-corrected chi connectivity index (χ2v) is 7.25. The summed E-state index contributed by atoms with van der Waals surface area (Å²) in [7, 11) is 0. The second kappa shape index (κ2) is 8.54. The van der Waals surface area contributed by atoms with Gasteiger partial charge in [0.2, 0.25) is 0 Å². The van der Waals surface area contributed by atoms with Crippen molar-refractivity contribution in [2.45, 2.75) is 58.0 Å². The van der Waals surface area contributed by atoms with E-state index in [0.29, 0.717) is 6.10 Å². The molecule has 1 aromatic rings. The van der Waals surface area contributed by atoms with Gasteiger partial charge in [-0.3, -0.25) is 0 Å². The zero-order valence-corrected chi connectivity index (χ0v) is 14.4. The topological polar surface area (TPSA) is 35.1 Å². The van der Waals surface area contributed by atoms with E-state index in [-0.39, 0.29) is 5.41 Å². The molecule has 0 aromatic heterocycles. The molecule has 3 nitrogen and oxygen atoms in total. The van der Waals surface area contributed by atoms with Gasteiger partial charge in [0, 0.05) is 6.61 Å². The number of quaternary nitrogens is 1. The van der Waals surface area contributed by atoms with Gasteiger partial charge >= 0.3 is 0 Å². The summed E-state index contributed by atoms with van der Waals surface area (Å²) in [6.45, 7) is 10.7. The molecule has 2 N–H and O–H groups in total. The zero-order chi connectivity index (χ0) is 15.8. The largest absolute Gasteiger partial charge is 0.493 e. The molecule has 22 heavy (non-hydrogen) atoms. The highest BCUT2D eigenvalue weighted by atomic mass is 16.5. The van der Waals surface area contributed by atoms with E-state index in [1.807, 2.05) is 0 Å². The molecule has 0 saturated carbocycles. The lowest BCUT2D eigenvalue weighted by molar-refractivity contribution is -0.661. The van der Waals surface area contributed by atoms with Crippen LogP contribution in [0.2, 0.25) is 0 Å². The fourth-order valence-corrected chi connectivity index (χ4v) is 2.92. The minimum atomic E-state index is 0.131. The summed E-state index contributed by atoms with van der Waals surface area (Å²) in [4.78, 5) is 0. The number of rotatable bonds is 8. The summed E-state index contributed by atoms with van der Waals surface area (Å²) < 4.78 is 11.6. The van der Waals surface area contributed by atoms with Crippen LogP contribution in [0.3, 0.4) is 0 Å². The molecule has 2 rings (SSSR count). The van der Waals surface area contributed by atoms with Gasteiger partial charge in [-0.15, -0.1) is 0 Å². The first-order valence-electron chi connectivity index (χ1n) is 8.73. The SMILES string of the molecule is CC(C)(C)c1ccccc1OCCCC[NH2+]C[C@H]1CCCO1. The fraction of sp³-hybridized carbons (Fsp3) is 0.684. The first-order chi connectivity index (χ1) is 10.6. The Morgan fingerprint density at radius 2 is 2.05 bits per heavy atom. The van der Waals surface area contributed by atoms with Crippen molar-refractivity contribution in [1.29, 1.82) is 0 Å². The van der Waals surface area contributed by atoms with Crippen molar-refractivity contribution in [2.75, 3.05) is 26.3 Å². The van der Waals surface area contributed by atoms with Crippen molar-refractivity contribution in [2.24, 2.45) is 0 Å². The Bertz CT molecular complexity index is 433. The lowest BCUT2D eigenvalue weighted by Crippen LogP contribution is -2.86. The lowest BCUT2D eigenvalue weighted by Gasteiger charge is -2.22. The maximum Gasteiger partial charge on any atom is 0.123 e. The molecule has 0 bridgehead atoms. The second-order valence-electron chi connectivity index (χ2n) is 7.25. The fourth-order valence-electron chi connectivity index (χ4n) is 2.92. The smallest absolute Gasteiger partial charge is 0.123 e. The van der Waals surface area contributed by atoms with Gasteiger partial charge < -0.3 is 14.8 Å². The average molecular weight is 306 g/mol. The molecule has 0 spiro atoms. The molecule has 1 aromatic carbocycles. The lowest BCUT2D eigenvalue weighted by atomic mass is 9.86. The van der Waals surface area contributed by atoms with Crippen LogP contribution in [0.15, 0.2) is 24.3 Å². The van der Waals surface area contributed by atoms with Crippen LogP contribution in [0.1, 0.15) is 52.0 Å². The molecular formula is C19H32NO2+. The van der Waals surface area contributed by atoms with Crippen molar-refractivity contribution in [3.05, 3.63) is 29.8 Å². The molecule has 1 saturated heterocycles. The first-order valence-corrected chi connectivity index (χ1v) is 8.73. The van der Waals surface area contributed by atoms with E-state index in [2.05, 4.69) is 50.4 Å². The Balaban J connectivity index is 1.60. The van der Waals surface area contributed by atoms with E-state index >= 15 is 0 Å². The van der Waals surface area contributed by atoms with Crippen molar-refractivity contribution in [3.63, 3.8) is 0 Å². The van der Waals surface area contributed by atoms with Gasteiger partial charge in [-0.1, -0.05) is 39.0 Å². The highest BCUT2D eigenvalue weighted by Gasteiger charge is 2.18. The normalized spacial score (nSPS) is 18.6. The van der Waals surface area contributed by atoms with Gasteiger partial charge in [0.15, 0.2) is 0 Å². The van der Waals surface area contributed by atoms with Gasteiger partial charge in [0.25, 0.3) is 0 Å². The molecule has 0 radical (unpaired) electrons.